The van der Waals surface area contributed by atoms with Crippen LogP contribution in [0.4, 0.5) is 8.78 Å². The van der Waals surface area contributed by atoms with Crippen LogP contribution in [0.25, 0.3) is 0 Å². The summed E-state index contributed by atoms with van der Waals surface area (Å²) in [6.07, 6.45) is -2.50. The molecule has 0 bridgehead atoms. The number of nitrogens with zero attached hydrogens (tertiary/aromatic N) is 1. The van der Waals surface area contributed by atoms with Gasteiger partial charge in [-0.3, -0.25) is 9.69 Å². The maximum Gasteiger partial charge on any atom is 0.251 e. The molecule has 0 atom stereocenters. The Morgan fingerprint density at radius 2 is 2.07 bits per heavy atom. The molecule has 0 aromatic carbocycles. The number of alkyl halides is 2. The molecule has 0 aliphatic heterocycles. The lowest BCUT2D eigenvalue weighted by Crippen LogP contribution is -2.42. The molecule has 0 radical (unpaired) electrons. The minimum atomic E-state index is -2.50. The lowest BCUT2D eigenvalue weighted by atomic mass is 10.3. The zero-order chi connectivity index (χ0) is 11.8. The fourth-order valence-electron chi connectivity index (χ4n) is 1.14. The molecule has 4 nitrogen and oxygen atoms in total. The van der Waals surface area contributed by atoms with E-state index in [0.717, 1.165) is 0 Å². The van der Waals surface area contributed by atoms with E-state index in [1.165, 1.54) is 4.90 Å². The molecule has 1 amide bonds. The van der Waals surface area contributed by atoms with Crippen LogP contribution in [0.3, 0.4) is 0 Å². The molecule has 0 fully saturated rings. The number of hydrogen-bond acceptors (Lipinski definition) is 3. The molecule has 0 heterocycles. The summed E-state index contributed by atoms with van der Waals surface area (Å²) in [5, 5.41) is 11.2. The summed E-state index contributed by atoms with van der Waals surface area (Å²) in [4.78, 5) is 12.5. The highest BCUT2D eigenvalue weighted by Crippen LogP contribution is 1.97. The van der Waals surface area contributed by atoms with E-state index in [1.807, 2.05) is 0 Å². The maximum absolute atomic E-state index is 12.1. The highest BCUT2D eigenvalue weighted by Gasteiger charge is 2.15. The number of nitrogens with one attached hydrogen (secondary N) is 1. The predicted octanol–water partition coefficient (Wildman–Crippen LogP) is 0.0704. The highest BCUT2D eigenvalue weighted by molar-refractivity contribution is 5.78. The van der Waals surface area contributed by atoms with Crippen molar-refractivity contribution in [2.45, 2.75) is 26.3 Å². The molecular formula is C9H18F2N2O2. The summed E-state index contributed by atoms with van der Waals surface area (Å²) in [7, 11) is 0. The fraction of sp³-hybridized carbons (Fsp3) is 0.889. The number of aliphatic hydroxyl groups excluding tert-OH is 1. The molecule has 0 spiro atoms. The predicted molar refractivity (Wildman–Crippen MR) is 52.8 cm³/mol. The van der Waals surface area contributed by atoms with Crippen LogP contribution < -0.4 is 5.32 Å². The van der Waals surface area contributed by atoms with Crippen molar-refractivity contribution in [2.75, 3.05) is 26.2 Å². The minimum Gasteiger partial charge on any atom is -0.395 e. The number of amides is 1. The van der Waals surface area contributed by atoms with E-state index in [9.17, 15) is 13.6 Å². The van der Waals surface area contributed by atoms with E-state index < -0.39 is 13.0 Å². The van der Waals surface area contributed by atoms with Crippen LogP contribution in [0.5, 0.6) is 0 Å². The molecule has 0 aromatic heterocycles. The van der Waals surface area contributed by atoms with Gasteiger partial charge in [-0.05, 0) is 13.8 Å². The average molecular weight is 224 g/mol. The van der Waals surface area contributed by atoms with Gasteiger partial charge in [-0.25, -0.2) is 8.78 Å². The van der Waals surface area contributed by atoms with Crippen LogP contribution >= 0.6 is 0 Å². The number of halogens is 2. The van der Waals surface area contributed by atoms with E-state index >= 15 is 0 Å². The van der Waals surface area contributed by atoms with Crippen molar-refractivity contribution in [3.05, 3.63) is 0 Å². The Kier molecular flexibility index (Phi) is 7.15. The van der Waals surface area contributed by atoms with Crippen molar-refractivity contribution in [3.63, 3.8) is 0 Å². The van der Waals surface area contributed by atoms with E-state index in [-0.39, 0.29) is 31.6 Å². The number of hydrogen-bond donors (Lipinski definition) is 2. The maximum atomic E-state index is 12.1. The number of carbonyl (C=O) groups excluding carboxylic acids is 1. The third-order valence-corrected chi connectivity index (χ3v) is 1.63. The van der Waals surface area contributed by atoms with Gasteiger partial charge in [0.25, 0.3) is 6.43 Å². The molecule has 15 heavy (non-hydrogen) atoms. The van der Waals surface area contributed by atoms with Crippen molar-refractivity contribution in [3.8, 4) is 0 Å². The van der Waals surface area contributed by atoms with E-state index in [2.05, 4.69) is 5.32 Å². The van der Waals surface area contributed by atoms with Crippen molar-refractivity contribution < 1.29 is 18.7 Å². The van der Waals surface area contributed by atoms with Crippen molar-refractivity contribution in [1.82, 2.24) is 10.2 Å². The summed E-state index contributed by atoms with van der Waals surface area (Å²) < 4.78 is 24.1. The average Bonchev–Trinajstić information content (AvgIpc) is 2.00. The number of rotatable bonds is 7. The van der Waals surface area contributed by atoms with Gasteiger partial charge in [0.15, 0.2) is 0 Å². The molecule has 2 N–H and O–H groups in total. The van der Waals surface area contributed by atoms with Gasteiger partial charge in [0.05, 0.1) is 19.7 Å². The summed E-state index contributed by atoms with van der Waals surface area (Å²) in [5.41, 5.74) is 0. The first-order valence-corrected chi connectivity index (χ1v) is 4.86. The molecule has 0 saturated heterocycles. The molecule has 0 aromatic rings. The zero-order valence-electron chi connectivity index (χ0n) is 9.04. The lowest BCUT2D eigenvalue weighted by molar-refractivity contribution is -0.123. The van der Waals surface area contributed by atoms with Gasteiger partial charge in [-0.1, -0.05) is 0 Å². The Balaban J connectivity index is 3.97. The first-order valence-electron chi connectivity index (χ1n) is 4.86. The fourth-order valence-corrected chi connectivity index (χ4v) is 1.14. The second kappa shape index (κ2) is 7.53. The van der Waals surface area contributed by atoms with Gasteiger partial charge in [0, 0.05) is 12.6 Å². The van der Waals surface area contributed by atoms with Crippen LogP contribution in [0.2, 0.25) is 0 Å². The van der Waals surface area contributed by atoms with Gasteiger partial charge >= 0.3 is 0 Å². The molecule has 0 unspecified atom stereocenters. The second-order valence-corrected chi connectivity index (χ2v) is 3.57. The van der Waals surface area contributed by atoms with Gasteiger partial charge in [-0.15, -0.1) is 0 Å². The topological polar surface area (TPSA) is 52.6 Å². The number of carbonyl (C=O) groups is 1. The standard InChI is InChI=1S/C9H18F2N2O2/c1-7(2)12-9(15)6-13(3-4-14)5-8(10)11/h7-8,14H,3-6H2,1-2H3,(H,12,15). The zero-order valence-corrected chi connectivity index (χ0v) is 9.04. The Bertz CT molecular complexity index is 189. The Morgan fingerprint density at radius 1 is 1.47 bits per heavy atom. The lowest BCUT2D eigenvalue weighted by Gasteiger charge is -2.20. The normalized spacial score (nSPS) is 11.5. The Labute approximate surface area is 88.3 Å². The quantitative estimate of drug-likeness (QED) is 0.643. The summed E-state index contributed by atoms with van der Waals surface area (Å²) in [5.74, 6) is -0.306. The van der Waals surface area contributed by atoms with E-state index in [0.29, 0.717) is 0 Å². The third-order valence-electron chi connectivity index (χ3n) is 1.63. The van der Waals surface area contributed by atoms with Crippen LogP contribution in [0.1, 0.15) is 13.8 Å². The van der Waals surface area contributed by atoms with Gasteiger partial charge < -0.3 is 10.4 Å². The third kappa shape index (κ3) is 8.26. The number of aliphatic hydroxyl groups is 1. The summed E-state index contributed by atoms with van der Waals surface area (Å²) in [6, 6.07) is -0.0139. The van der Waals surface area contributed by atoms with Crippen molar-refractivity contribution >= 4 is 5.91 Å². The molecule has 0 saturated carbocycles. The summed E-state index contributed by atoms with van der Waals surface area (Å²) in [6.45, 7) is 2.83. The SMILES string of the molecule is CC(C)NC(=O)CN(CCO)CC(F)F. The first kappa shape index (κ1) is 14.2. The Morgan fingerprint density at radius 3 is 2.47 bits per heavy atom. The van der Waals surface area contributed by atoms with Crippen LogP contribution in [-0.2, 0) is 4.79 Å². The van der Waals surface area contributed by atoms with E-state index in [4.69, 9.17) is 5.11 Å². The summed E-state index contributed by atoms with van der Waals surface area (Å²) >= 11 is 0. The van der Waals surface area contributed by atoms with Crippen LogP contribution in [0, 0.1) is 0 Å². The van der Waals surface area contributed by atoms with Gasteiger partial charge in [-0.2, -0.15) is 0 Å². The van der Waals surface area contributed by atoms with Crippen molar-refractivity contribution in [2.24, 2.45) is 0 Å². The molecular weight excluding hydrogens is 206 g/mol. The van der Waals surface area contributed by atoms with E-state index in [1.54, 1.807) is 13.8 Å². The largest absolute Gasteiger partial charge is 0.395 e. The van der Waals surface area contributed by atoms with Crippen molar-refractivity contribution in [1.29, 1.82) is 0 Å². The minimum absolute atomic E-state index is 0.0139. The highest BCUT2D eigenvalue weighted by atomic mass is 19.3. The molecule has 0 aliphatic rings. The monoisotopic (exact) mass is 224 g/mol. The smallest absolute Gasteiger partial charge is 0.251 e. The molecule has 6 heteroatoms. The Hall–Kier alpha value is -0.750. The van der Waals surface area contributed by atoms with Crippen LogP contribution in [-0.4, -0.2) is 54.6 Å². The van der Waals surface area contributed by atoms with Gasteiger partial charge in [0.2, 0.25) is 5.91 Å². The van der Waals surface area contributed by atoms with Crippen LogP contribution in [0.15, 0.2) is 0 Å². The molecule has 0 aliphatic carbocycles. The molecule has 0 rings (SSSR count). The molecule has 90 valence electrons. The first-order chi connectivity index (χ1) is 6.95. The second-order valence-electron chi connectivity index (χ2n) is 3.57. The van der Waals surface area contributed by atoms with Gasteiger partial charge in [0.1, 0.15) is 0 Å².